The number of aromatic nitrogens is 4. The first-order chi connectivity index (χ1) is 15.5. The summed E-state index contributed by atoms with van der Waals surface area (Å²) in [5.74, 6) is -1.17. The van der Waals surface area contributed by atoms with E-state index in [-0.39, 0.29) is 35.6 Å². The molecule has 176 valence electrons. The van der Waals surface area contributed by atoms with Gasteiger partial charge in [-0.2, -0.15) is 9.29 Å². The molecule has 0 N–H and O–H groups in total. The Morgan fingerprint density at radius 2 is 1.85 bits per heavy atom. The van der Waals surface area contributed by atoms with Crippen molar-refractivity contribution in [2.24, 2.45) is 0 Å². The standard InChI is InChI=1S/C20H20BrF2N5O4S/c1-12-26-19(32-11-13-4-5-14(22)6-17(13)23)18(21)20(29)28(12)10-16-8-24-15(7-25-16)9-27(2)33(3,30)31/h4-8H,9-11H2,1-3H3. The molecule has 0 spiro atoms. The van der Waals surface area contributed by atoms with Gasteiger partial charge in [0.15, 0.2) is 0 Å². The first-order valence-electron chi connectivity index (χ1n) is 9.50. The van der Waals surface area contributed by atoms with E-state index >= 15 is 0 Å². The van der Waals surface area contributed by atoms with Crippen LogP contribution in [0.5, 0.6) is 5.88 Å². The average molecular weight is 544 g/mol. The van der Waals surface area contributed by atoms with Crippen molar-refractivity contribution in [3.05, 3.63) is 79.8 Å². The SMILES string of the molecule is Cc1nc(OCc2ccc(F)cc2F)c(Br)c(=O)n1Cc1cnc(CN(C)S(C)(=O)=O)cn1. The van der Waals surface area contributed by atoms with E-state index < -0.39 is 27.2 Å². The Kier molecular flexibility index (Phi) is 7.55. The fourth-order valence-electron chi connectivity index (χ4n) is 2.73. The van der Waals surface area contributed by atoms with Crippen molar-refractivity contribution >= 4 is 26.0 Å². The normalized spacial score (nSPS) is 11.7. The van der Waals surface area contributed by atoms with Gasteiger partial charge in [0.05, 0.1) is 43.1 Å². The molecular weight excluding hydrogens is 524 g/mol. The van der Waals surface area contributed by atoms with Crippen LogP contribution in [-0.4, -0.2) is 45.5 Å². The number of ether oxygens (including phenoxy) is 1. The predicted molar refractivity (Wildman–Crippen MR) is 119 cm³/mol. The van der Waals surface area contributed by atoms with Crippen LogP contribution in [0.2, 0.25) is 0 Å². The second-order valence-corrected chi connectivity index (χ2v) is 10.1. The summed E-state index contributed by atoms with van der Waals surface area (Å²) in [5.41, 5.74) is 0.581. The molecule has 0 saturated heterocycles. The first-order valence-corrected chi connectivity index (χ1v) is 12.1. The highest BCUT2D eigenvalue weighted by molar-refractivity contribution is 9.10. The third-order valence-electron chi connectivity index (χ3n) is 4.68. The van der Waals surface area contributed by atoms with Crippen molar-refractivity contribution in [2.45, 2.75) is 26.6 Å². The molecule has 33 heavy (non-hydrogen) atoms. The molecule has 0 unspecified atom stereocenters. The molecule has 1 aromatic carbocycles. The van der Waals surface area contributed by atoms with E-state index in [0.717, 1.165) is 22.7 Å². The molecule has 3 rings (SSSR count). The number of halogens is 3. The van der Waals surface area contributed by atoms with Crippen LogP contribution < -0.4 is 10.3 Å². The molecule has 0 aliphatic rings. The molecule has 9 nitrogen and oxygen atoms in total. The molecular formula is C20H20BrF2N5O4S. The minimum atomic E-state index is -3.35. The highest BCUT2D eigenvalue weighted by Crippen LogP contribution is 2.21. The van der Waals surface area contributed by atoms with Gasteiger partial charge in [0.1, 0.15) is 28.5 Å². The van der Waals surface area contributed by atoms with Gasteiger partial charge in [0.25, 0.3) is 5.56 Å². The van der Waals surface area contributed by atoms with E-state index in [0.29, 0.717) is 17.2 Å². The van der Waals surface area contributed by atoms with Gasteiger partial charge in [-0.15, -0.1) is 0 Å². The van der Waals surface area contributed by atoms with Crippen LogP contribution in [0.1, 0.15) is 22.8 Å². The molecule has 0 fully saturated rings. The maximum Gasteiger partial charge on any atom is 0.272 e. The first kappa shape index (κ1) is 24.9. The summed E-state index contributed by atoms with van der Waals surface area (Å²) < 4.78 is 57.9. The van der Waals surface area contributed by atoms with Gasteiger partial charge in [0, 0.05) is 18.7 Å². The lowest BCUT2D eigenvalue weighted by Gasteiger charge is -2.14. The molecule has 3 aromatic rings. The Morgan fingerprint density at radius 1 is 1.18 bits per heavy atom. The van der Waals surface area contributed by atoms with Crippen molar-refractivity contribution in [1.29, 1.82) is 0 Å². The Balaban J connectivity index is 1.75. The zero-order valence-electron chi connectivity index (χ0n) is 17.9. The van der Waals surface area contributed by atoms with E-state index in [2.05, 4.69) is 30.9 Å². The molecule has 2 aromatic heterocycles. The summed E-state index contributed by atoms with van der Waals surface area (Å²) in [7, 11) is -1.91. The zero-order chi connectivity index (χ0) is 24.3. The van der Waals surface area contributed by atoms with Crippen molar-refractivity contribution in [1.82, 2.24) is 23.8 Å². The number of rotatable bonds is 8. The van der Waals surface area contributed by atoms with Gasteiger partial charge in [0.2, 0.25) is 15.9 Å². The average Bonchev–Trinajstić information content (AvgIpc) is 2.74. The smallest absolute Gasteiger partial charge is 0.272 e. The van der Waals surface area contributed by atoms with Crippen molar-refractivity contribution in [2.75, 3.05) is 13.3 Å². The second kappa shape index (κ2) is 10.0. The van der Waals surface area contributed by atoms with Gasteiger partial charge in [-0.1, -0.05) is 0 Å². The van der Waals surface area contributed by atoms with Crippen molar-refractivity contribution in [3.8, 4) is 5.88 Å². The van der Waals surface area contributed by atoms with Gasteiger partial charge in [-0.25, -0.2) is 17.2 Å². The van der Waals surface area contributed by atoms with E-state index in [4.69, 9.17) is 4.74 Å². The summed E-state index contributed by atoms with van der Waals surface area (Å²) in [6, 6.07) is 3.11. The lowest BCUT2D eigenvalue weighted by atomic mass is 10.2. The summed E-state index contributed by atoms with van der Waals surface area (Å²) in [5, 5.41) is 0. The predicted octanol–water partition coefficient (Wildman–Crippen LogP) is 2.40. The fraction of sp³-hybridized carbons (Fsp3) is 0.300. The highest BCUT2D eigenvalue weighted by atomic mass is 79.9. The van der Waals surface area contributed by atoms with E-state index in [9.17, 15) is 22.0 Å². The molecule has 0 radical (unpaired) electrons. The third kappa shape index (κ3) is 6.18. The number of nitrogens with zero attached hydrogens (tertiary/aromatic N) is 5. The second-order valence-electron chi connectivity index (χ2n) is 7.21. The minimum Gasteiger partial charge on any atom is -0.472 e. The van der Waals surface area contributed by atoms with Crippen LogP contribution in [0.4, 0.5) is 8.78 Å². The maximum absolute atomic E-state index is 13.8. The number of hydrogen-bond donors (Lipinski definition) is 0. The van der Waals surface area contributed by atoms with Crippen LogP contribution in [0.3, 0.4) is 0 Å². The Morgan fingerprint density at radius 3 is 2.45 bits per heavy atom. The van der Waals surface area contributed by atoms with Crippen LogP contribution in [0.25, 0.3) is 0 Å². The molecule has 0 aliphatic heterocycles. The topological polar surface area (TPSA) is 107 Å². The molecule has 0 bridgehead atoms. The van der Waals surface area contributed by atoms with Gasteiger partial charge >= 0.3 is 0 Å². The number of hydrogen-bond acceptors (Lipinski definition) is 7. The fourth-order valence-corrected chi connectivity index (χ4v) is 3.52. The number of aryl methyl sites for hydroxylation is 1. The molecule has 13 heteroatoms. The highest BCUT2D eigenvalue weighted by Gasteiger charge is 2.16. The van der Waals surface area contributed by atoms with Crippen LogP contribution in [-0.2, 0) is 29.7 Å². The van der Waals surface area contributed by atoms with E-state index in [1.165, 1.54) is 30.1 Å². The maximum atomic E-state index is 13.8. The van der Waals surface area contributed by atoms with Crippen molar-refractivity contribution < 1.29 is 21.9 Å². The van der Waals surface area contributed by atoms with E-state index in [1.807, 2.05) is 0 Å². The Bertz CT molecular complexity index is 1330. The molecule has 0 atom stereocenters. The monoisotopic (exact) mass is 543 g/mol. The summed E-state index contributed by atoms with van der Waals surface area (Å²) in [6.07, 6.45) is 3.99. The Hall–Kier alpha value is -2.77. The summed E-state index contributed by atoms with van der Waals surface area (Å²) in [4.78, 5) is 25.5. The van der Waals surface area contributed by atoms with E-state index in [1.54, 1.807) is 6.92 Å². The largest absolute Gasteiger partial charge is 0.472 e. The van der Waals surface area contributed by atoms with Gasteiger partial charge in [-0.3, -0.25) is 19.3 Å². The molecule has 0 amide bonds. The Labute approximate surface area is 197 Å². The van der Waals surface area contributed by atoms with Crippen molar-refractivity contribution in [3.63, 3.8) is 0 Å². The lowest BCUT2D eigenvalue weighted by molar-refractivity contribution is 0.282. The zero-order valence-corrected chi connectivity index (χ0v) is 20.3. The molecule has 0 saturated carbocycles. The number of sulfonamides is 1. The molecule has 0 aliphatic carbocycles. The van der Waals surface area contributed by atoms with Crippen LogP contribution in [0, 0.1) is 18.6 Å². The summed E-state index contributed by atoms with van der Waals surface area (Å²) in [6.45, 7) is 1.49. The number of benzene rings is 1. The lowest BCUT2D eigenvalue weighted by Crippen LogP contribution is -2.27. The quantitative estimate of drug-likeness (QED) is 0.429. The van der Waals surface area contributed by atoms with Crippen LogP contribution in [0.15, 0.2) is 39.9 Å². The minimum absolute atomic E-state index is 0.0253. The third-order valence-corrected chi connectivity index (χ3v) is 6.62. The van der Waals surface area contributed by atoms with Gasteiger partial charge < -0.3 is 4.74 Å². The molecule has 2 heterocycles. The van der Waals surface area contributed by atoms with Crippen LogP contribution >= 0.6 is 15.9 Å². The summed E-state index contributed by atoms with van der Waals surface area (Å²) >= 11 is 3.17. The van der Waals surface area contributed by atoms with Gasteiger partial charge in [-0.05, 0) is 35.0 Å².